The summed E-state index contributed by atoms with van der Waals surface area (Å²) < 4.78 is 5.44. The minimum Gasteiger partial charge on any atom is -0.497 e. The van der Waals surface area contributed by atoms with E-state index in [-0.39, 0.29) is 5.41 Å². The molecule has 2 heteroatoms. The number of hydrogen-bond acceptors (Lipinski definition) is 2. The van der Waals surface area contributed by atoms with Gasteiger partial charge in [0, 0.05) is 18.0 Å². The van der Waals surface area contributed by atoms with E-state index in [1.165, 1.54) is 36.8 Å². The summed E-state index contributed by atoms with van der Waals surface area (Å²) >= 11 is 0. The second-order valence-electron chi connectivity index (χ2n) is 6.47. The van der Waals surface area contributed by atoms with Gasteiger partial charge in [-0.1, -0.05) is 25.5 Å². The molecule has 2 aliphatic rings. The SMILES string of the molecule is C=CCN[C@@H]1C2CCC[C@]1(C)c1cc(OC)ccc1C2. The van der Waals surface area contributed by atoms with Gasteiger partial charge >= 0.3 is 0 Å². The van der Waals surface area contributed by atoms with Gasteiger partial charge in [0.25, 0.3) is 0 Å². The van der Waals surface area contributed by atoms with Gasteiger partial charge in [-0.3, -0.25) is 0 Å². The summed E-state index contributed by atoms with van der Waals surface area (Å²) in [6, 6.07) is 7.21. The number of nitrogens with one attached hydrogen (secondary N) is 1. The Morgan fingerprint density at radius 3 is 3.10 bits per heavy atom. The maximum absolute atomic E-state index is 5.44. The van der Waals surface area contributed by atoms with Gasteiger partial charge in [-0.15, -0.1) is 6.58 Å². The largest absolute Gasteiger partial charge is 0.497 e. The molecule has 0 heterocycles. The molecular weight excluding hydrogens is 246 g/mol. The lowest BCUT2D eigenvalue weighted by molar-refractivity contribution is 0.144. The molecule has 0 amide bonds. The minimum absolute atomic E-state index is 0.230. The number of ether oxygens (including phenoxy) is 1. The number of rotatable bonds is 4. The van der Waals surface area contributed by atoms with Crippen LogP contribution in [0.15, 0.2) is 30.9 Å². The first-order valence-corrected chi connectivity index (χ1v) is 7.70. The van der Waals surface area contributed by atoms with E-state index in [1.54, 1.807) is 7.11 Å². The summed E-state index contributed by atoms with van der Waals surface area (Å²) in [5.41, 5.74) is 3.25. The van der Waals surface area contributed by atoms with Crippen LogP contribution >= 0.6 is 0 Å². The number of fused-ring (bicyclic) bond motifs is 4. The lowest BCUT2D eigenvalue weighted by Crippen LogP contribution is -2.57. The topological polar surface area (TPSA) is 21.3 Å². The second-order valence-corrected chi connectivity index (χ2v) is 6.47. The molecule has 108 valence electrons. The van der Waals surface area contributed by atoms with E-state index in [0.29, 0.717) is 6.04 Å². The van der Waals surface area contributed by atoms with Crippen LogP contribution in [0.1, 0.15) is 37.3 Å². The Bertz CT molecular complexity index is 510. The summed E-state index contributed by atoms with van der Waals surface area (Å²) in [6.45, 7) is 7.18. The van der Waals surface area contributed by atoms with Crippen LogP contribution in [-0.2, 0) is 11.8 Å². The zero-order valence-electron chi connectivity index (χ0n) is 12.6. The van der Waals surface area contributed by atoms with E-state index < -0.39 is 0 Å². The molecule has 1 unspecified atom stereocenters. The molecular formula is C18H25NO. The summed E-state index contributed by atoms with van der Waals surface area (Å²) in [7, 11) is 1.75. The zero-order valence-corrected chi connectivity index (χ0v) is 12.6. The summed E-state index contributed by atoms with van der Waals surface area (Å²) in [4.78, 5) is 0. The molecule has 1 aromatic carbocycles. The third kappa shape index (κ3) is 2.07. The number of hydrogen-bond donors (Lipinski definition) is 1. The van der Waals surface area contributed by atoms with E-state index in [9.17, 15) is 0 Å². The molecule has 20 heavy (non-hydrogen) atoms. The van der Waals surface area contributed by atoms with E-state index in [0.717, 1.165) is 18.2 Å². The third-order valence-electron chi connectivity index (χ3n) is 5.33. The van der Waals surface area contributed by atoms with Crippen LogP contribution in [0.2, 0.25) is 0 Å². The number of benzene rings is 1. The highest BCUT2D eigenvalue weighted by Gasteiger charge is 2.47. The molecule has 2 aliphatic carbocycles. The second kappa shape index (κ2) is 5.25. The van der Waals surface area contributed by atoms with E-state index >= 15 is 0 Å². The highest BCUT2D eigenvalue weighted by Crippen LogP contribution is 2.49. The molecule has 3 atom stereocenters. The fourth-order valence-corrected chi connectivity index (χ4v) is 4.37. The normalized spacial score (nSPS) is 31.5. The maximum atomic E-state index is 5.44. The Balaban J connectivity index is 2.03. The molecule has 0 spiro atoms. The van der Waals surface area contributed by atoms with Crippen LogP contribution in [-0.4, -0.2) is 19.7 Å². The van der Waals surface area contributed by atoms with Gasteiger partial charge < -0.3 is 10.1 Å². The predicted octanol–water partition coefficient (Wildman–Crippen LogP) is 3.45. The van der Waals surface area contributed by atoms with E-state index in [4.69, 9.17) is 4.74 Å². The maximum Gasteiger partial charge on any atom is 0.119 e. The average molecular weight is 271 g/mol. The standard InChI is InChI=1S/C18H25NO/c1-4-10-19-17-14-6-5-9-18(17,2)16-12-15(20-3)8-7-13(16)11-14/h4,7-8,12,14,17,19H,1,5-6,9-11H2,2-3H3/t14?,17-,18-/m1/s1. The lowest BCUT2D eigenvalue weighted by atomic mass is 9.57. The highest BCUT2D eigenvalue weighted by molar-refractivity contribution is 5.45. The van der Waals surface area contributed by atoms with Crippen molar-refractivity contribution in [1.82, 2.24) is 5.32 Å². The van der Waals surface area contributed by atoms with Crippen LogP contribution in [0.3, 0.4) is 0 Å². The molecule has 0 saturated heterocycles. The van der Waals surface area contributed by atoms with Crippen molar-refractivity contribution in [1.29, 1.82) is 0 Å². The first-order chi connectivity index (χ1) is 9.69. The van der Waals surface area contributed by atoms with Gasteiger partial charge in [-0.25, -0.2) is 0 Å². The summed E-state index contributed by atoms with van der Waals surface area (Å²) in [5.74, 6) is 1.74. The Labute approximate surface area is 122 Å². The Kier molecular flexibility index (Phi) is 3.59. The monoisotopic (exact) mass is 271 g/mol. The van der Waals surface area contributed by atoms with Gasteiger partial charge in [0.05, 0.1) is 7.11 Å². The minimum atomic E-state index is 0.230. The van der Waals surface area contributed by atoms with Gasteiger partial charge in [-0.2, -0.15) is 0 Å². The molecule has 1 fully saturated rings. The quantitative estimate of drug-likeness (QED) is 0.847. The molecule has 3 rings (SSSR count). The van der Waals surface area contributed by atoms with Gasteiger partial charge in [0.2, 0.25) is 0 Å². The van der Waals surface area contributed by atoms with Crippen LogP contribution in [0, 0.1) is 5.92 Å². The molecule has 1 aromatic rings. The Morgan fingerprint density at radius 2 is 2.35 bits per heavy atom. The fraction of sp³-hybridized carbons (Fsp3) is 0.556. The Hall–Kier alpha value is -1.28. The smallest absolute Gasteiger partial charge is 0.119 e. The van der Waals surface area contributed by atoms with Crippen LogP contribution < -0.4 is 10.1 Å². The van der Waals surface area contributed by atoms with Crippen molar-refractivity contribution in [2.45, 2.75) is 44.1 Å². The van der Waals surface area contributed by atoms with Crippen LogP contribution in [0.5, 0.6) is 5.75 Å². The molecule has 1 N–H and O–H groups in total. The van der Waals surface area contributed by atoms with Crippen molar-refractivity contribution >= 4 is 0 Å². The highest BCUT2D eigenvalue weighted by atomic mass is 16.5. The molecule has 2 nitrogen and oxygen atoms in total. The fourth-order valence-electron chi connectivity index (χ4n) is 4.37. The van der Waals surface area contributed by atoms with Gasteiger partial charge in [-0.05, 0) is 48.4 Å². The van der Waals surface area contributed by atoms with Crippen molar-refractivity contribution in [3.05, 3.63) is 42.0 Å². The first kappa shape index (κ1) is 13.7. The average Bonchev–Trinajstić information content (AvgIpc) is 2.45. The van der Waals surface area contributed by atoms with Crippen molar-refractivity contribution < 1.29 is 4.74 Å². The number of methoxy groups -OCH3 is 1. The zero-order chi connectivity index (χ0) is 14.2. The predicted molar refractivity (Wildman–Crippen MR) is 83.4 cm³/mol. The van der Waals surface area contributed by atoms with Crippen molar-refractivity contribution in [2.75, 3.05) is 13.7 Å². The Morgan fingerprint density at radius 1 is 1.50 bits per heavy atom. The summed E-state index contributed by atoms with van der Waals surface area (Å²) in [5, 5.41) is 3.73. The molecule has 1 saturated carbocycles. The lowest BCUT2D eigenvalue weighted by Gasteiger charge is -2.51. The van der Waals surface area contributed by atoms with E-state index in [1.807, 2.05) is 6.08 Å². The molecule has 0 aliphatic heterocycles. The molecule has 0 aromatic heterocycles. The van der Waals surface area contributed by atoms with Crippen LogP contribution in [0.4, 0.5) is 0 Å². The van der Waals surface area contributed by atoms with Gasteiger partial charge in [0.1, 0.15) is 5.75 Å². The van der Waals surface area contributed by atoms with Crippen LogP contribution in [0.25, 0.3) is 0 Å². The summed E-state index contributed by atoms with van der Waals surface area (Å²) in [6.07, 6.45) is 7.11. The van der Waals surface area contributed by atoms with Gasteiger partial charge in [0.15, 0.2) is 0 Å². The van der Waals surface area contributed by atoms with Crippen molar-refractivity contribution in [3.63, 3.8) is 0 Å². The van der Waals surface area contributed by atoms with Crippen molar-refractivity contribution in [3.8, 4) is 5.75 Å². The van der Waals surface area contributed by atoms with E-state index in [2.05, 4.69) is 37.0 Å². The molecule has 0 radical (unpaired) electrons. The van der Waals surface area contributed by atoms with Crippen molar-refractivity contribution in [2.24, 2.45) is 5.92 Å². The third-order valence-corrected chi connectivity index (χ3v) is 5.33. The first-order valence-electron chi connectivity index (χ1n) is 7.70. The molecule has 2 bridgehead atoms.